The van der Waals surface area contributed by atoms with Crippen LogP contribution < -0.4 is 15.8 Å². The van der Waals surface area contributed by atoms with Gasteiger partial charge in [0.25, 0.3) is 5.91 Å². The number of hydrogen-bond acceptors (Lipinski definition) is 3. The molecular weight excluding hydrogens is 276 g/mol. The minimum Gasteiger partial charge on any atom is -0.495 e. The van der Waals surface area contributed by atoms with E-state index in [1.807, 2.05) is 18.2 Å². The summed E-state index contributed by atoms with van der Waals surface area (Å²) >= 11 is 0. The lowest BCUT2D eigenvalue weighted by Crippen LogP contribution is -2.15. The van der Waals surface area contributed by atoms with Gasteiger partial charge in [0.1, 0.15) is 5.75 Å². The van der Waals surface area contributed by atoms with Crippen LogP contribution in [0.15, 0.2) is 42.5 Å². The molecule has 1 amide bonds. The van der Waals surface area contributed by atoms with Gasteiger partial charge in [-0.25, -0.2) is 0 Å². The number of benzene rings is 2. The lowest BCUT2D eigenvalue weighted by molar-refractivity contribution is 0.102. The Morgan fingerprint density at radius 2 is 1.73 bits per heavy atom. The number of hydrogen-bond donors (Lipinski definition) is 2. The normalized spacial score (nSPS) is 11.1. The Morgan fingerprint density at radius 3 is 2.27 bits per heavy atom. The summed E-state index contributed by atoms with van der Waals surface area (Å²) in [4.78, 5) is 12.3. The number of nitrogens with two attached hydrogens (primary N) is 1. The van der Waals surface area contributed by atoms with Crippen LogP contribution >= 0.6 is 0 Å². The standard InChI is InChI=1S/C18H22N2O2/c1-18(2,3)13-7-10-16(22-4)15(11-13)20-17(21)12-5-8-14(19)9-6-12/h5-11H,19H2,1-4H3,(H,20,21). The van der Waals surface area contributed by atoms with Crippen molar-refractivity contribution in [1.29, 1.82) is 0 Å². The van der Waals surface area contributed by atoms with E-state index in [4.69, 9.17) is 10.5 Å². The van der Waals surface area contributed by atoms with Crippen LogP contribution in [-0.4, -0.2) is 13.0 Å². The van der Waals surface area contributed by atoms with Crippen LogP contribution in [-0.2, 0) is 5.41 Å². The number of nitrogen functional groups attached to an aromatic ring is 1. The molecule has 0 aliphatic carbocycles. The van der Waals surface area contributed by atoms with Crippen molar-refractivity contribution in [3.8, 4) is 5.75 Å². The highest BCUT2D eigenvalue weighted by molar-refractivity contribution is 6.05. The summed E-state index contributed by atoms with van der Waals surface area (Å²) in [7, 11) is 1.59. The average Bonchev–Trinajstić information content (AvgIpc) is 2.46. The van der Waals surface area contributed by atoms with Crippen molar-refractivity contribution in [2.75, 3.05) is 18.2 Å². The van der Waals surface area contributed by atoms with Crippen molar-refractivity contribution in [2.45, 2.75) is 26.2 Å². The molecule has 0 atom stereocenters. The van der Waals surface area contributed by atoms with Gasteiger partial charge in [0, 0.05) is 11.3 Å². The average molecular weight is 298 g/mol. The van der Waals surface area contributed by atoms with Gasteiger partial charge in [-0.3, -0.25) is 4.79 Å². The molecule has 4 nitrogen and oxygen atoms in total. The third-order valence-electron chi connectivity index (χ3n) is 3.49. The first-order chi connectivity index (χ1) is 10.3. The number of carbonyl (C=O) groups excluding carboxylic acids is 1. The second kappa shape index (κ2) is 6.10. The third-order valence-corrected chi connectivity index (χ3v) is 3.49. The second-order valence-corrected chi connectivity index (χ2v) is 6.24. The summed E-state index contributed by atoms with van der Waals surface area (Å²) in [5.41, 5.74) is 8.61. The summed E-state index contributed by atoms with van der Waals surface area (Å²) in [5, 5.41) is 2.90. The molecule has 0 bridgehead atoms. The predicted molar refractivity (Wildman–Crippen MR) is 90.5 cm³/mol. The third kappa shape index (κ3) is 3.58. The van der Waals surface area contributed by atoms with E-state index in [2.05, 4.69) is 26.1 Å². The summed E-state index contributed by atoms with van der Waals surface area (Å²) in [6, 6.07) is 12.6. The van der Waals surface area contributed by atoms with Crippen LogP contribution in [0.5, 0.6) is 5.75 Å². The summed E-state index contributed by atoms with van der Waals surface area (Å²) in [6.45, 7) is 6.38. The zero-order valence-corrected chi connectivity index (χ0v) is 13.4. The van der Waals surface area contributed by atoms with E-state index in [9.17, 15) is 4.79 Å². The first-order valence-electron chi connectivity index (χ1n) is 7.16. The van der Waals surface area contributed by atoms with Crippen LogP contribution in [0.3, 0.4) is 0 Å². The molecule has 4 heteroatoms. The molecule has 0 aromatic heterocycles. The lowest BCUT2D eigenvalue weighted by Gasteiger charge is -2.21. The van der Waals surface area contributed by atoms with Crippen LogP contribution in [0.25, 0.3) is 0 Å². The molecule has 2 aromatic rings. The molecule has 116 valence electrons. The number of ether oxygens (including phenoxy) is 1. The molecular formula is C18H22N2O2. The molecule has 22 heavy (non-hydrogen) atoms. The molecule has 0 fully saturated rings. The SMILES string of the molecule is COc1ccc(C(C)(C)C)cc1NC(=O)c1ccc(N)cc1. The quantitative estimate of drug-likeness (QED) is 0.846. The Bertz CT molecular complexity index is 670. The van der Waals surface area contributed by atoms with Gasteiger partial charge >= 0.3 is 0 Å². The molecule has 0 aliphatic rings. The zero-order valence-electron chi connectivity index (χ0n) is 13.4. The molecule has 0 spiro atoms. The molecule has 0 saturated carbocycles. The van der Waals surface area contributed by atoms with E-state index in [1.165, 1.54) is 0 Å². The summed E-state index contributed by atoms with van der Waals surface area (Å²) in [6.07, 6.45) is 0. The molecule has 0 heterocycles. The zero-order chi connectivity index (χ0) is 16.3. The molecule has 0 radical (unpaired) electrons. The van der Waals surface area contributed by atoms with Gasteiger partial charge in [0.05, 0.1) is 12.8 Å². The number of carbonyl (C=O) groups is 1. The van der Waals surface area contributed by atoms with Crippen molar-refractivity contribution in [3.63, 3.8) is 0 Å². The van der Waals surface area contributed by atoms with Gasteiger partial charge in [-0.2, -0.15) is 0 Å². The molecule has 0 unspecified atom stereocenters. The van der Waals surface area contributed by atoms with Crippen molar-refractivity contribution in [3.05, 3.63) is 53.6 Å². The van der Waals surface area contributed by atoms with E-state index in [-0.39, 0.29) is 11.3 Å². The maximum Gasteiger partial charge on any atom is 0.255 e. The first-order valence-corrected chi connectivity index (χ1v) is 7.16. The molecule has 2 aromatic carbocycles. The highest BCUT2D eigenvalue weighted by Gasteiger charge is 2.17. The largest absolute Gasteiger partial charge is 0.495 e. The highest BCUT2D eigenvalue weighted by atomic mass is 16.5. The second-order valence-electron chi connectivity index (χ2n) is 6.24. The Kier molecular flexibility index (Phi) is 4.40. The van der Waals surface area contributed by atoms with Crippen molar-refractivity contribution < 1.29 is 9.53 Å². The topological polar surface area (TPSA) is 64.3 Å². The summed E-state index contributed by atoms with van der Waals surface area (Å²) in [5.74, 6) is 0.446. The molecule has 0 saturated heterocycles. The maximum atomic E-state index is 12.3. The van der Waals surface area contributed by atoms with Gasteiger partial charge < -0.3 is 15.8 Å². The van der Waals surface area contributed by atoms with E-state index < -0.39 is 0 Å². The lowest BCUT2D eigenvalue weighted by atomic mass is 9.87. The van der Waals surface area contributed by atoms with Crippen LogP contribution in [0, 0.1) is 0 Å². The van der Waals surface area contributed by atoms with Crippen molar-refractivity contribution in [1.82, 2.24) is 0 Å². The number of methoxy groups -OCH3 is 1. The Morgan fingerprint density at radius 1 is 1.09 bits per heavy atom. The number of nitrogens with one attached hydrogen (secondary N) is 1. The maximum absolute atomic E-state index is 12.3. The Balaban J connectivity index is 2.31. The molecule has 2 rings (SSSR count). The van der Waals surface area contributed by atoms with Gasteiger partial charge in [0.2, 0.25) is 0 Å². The van der Waals surface area contributed by atoms with Gasteiger partial charge in [-0.05, 0) is 47.4 Å². The van der Waals surface area contributed by atoms with Gasteiger partial charge in [-0.1, -0.05) is 26.8 Å². The van der Waals surface area contributed by atoms with Crippen molar-refractivity contribution >= 4 is 17.3 Å². The first kappa shape index (κ1) is 15.9. The number of anilines is 2. The highest BCUT2D eigenvalue weighted by Crippen LogP contribution is 2.31. The molecule has 0 aliphatic heterocycles. The van der Waals surface area contributed by atoms with Gasteiger partial charge in [0.15, 0.2) is 0 Å². The smallest absolute Gasteiger partial charge is 0.255 e. The fraction of sp³-hybridized carbons (Fsp3) is 0.278. The minimum atomic E-state index is -0.190. The fourth-order valence-electron chi connectivity index (χ4n) is 2.10. The van der Waals surface area contributed by atoms with E-state index in [0.29, 0.717) is 22.7 Å². The summed E-state index contributed by atoms with van der Waals surface area (Å²) < 4.78 is 5.33. The van der Waals surface area contributed by atoms with E-state index in [1.54, 1.807) is 31.4 Å². The molecule has 3 N–H and O–H groups in total. The minimum absolute atomic E-state index is 0.00700. The van der Waals surface area contributed by atoms with Crippen LogP contribution in [0.4, 0.5) is 11.4 Å². The monoisotopic (exact) mass is 298 g/mol. The fourth-order valence-corrected chi connectivity index (χ4v) is 2.10. The van der Waals surface area contributed by atoms with Crippen LogP contribution in [0.2, 0.25) is 0 Å². The Hall–Kier alpha value is -2.49. The van der Waals surface area contributed by atoms with Gasteiger partial charge in [-0.15, -0.1) is 0 Å². The number of rotatable bonds is 3. The number of amides is 1. The Labute approximate surface area is 131 Å². The van der Waals surface area contributed by atoms with E-state index >= 15 is 0 Å². The van der Waals surface area contributed by atoms with E-state index in [0.717, 1.165) is 5.56 Å². The predicted octanol–water partition coefficient (Wildman–Crippen LogP) is 3.83. The van der Waals surface area contributed by atoms with Crippen LogP contribution in [0.1, 0.15) is 36.7 Å². The van der Waals surface area contributed by atoms with Crippen molar-refractivity contribution in [2.24, 2.45) is 0 Å².